The zero-order valence-electron chi connectivity index (χ0n) is 16.0. The van der Waals surface area contributed by atoms with Gasteiger partial charge in [0.2, 0.25) is 0 Å². The van der Waals surface area contributed by atoms with E-state index in [2.05, 4.69) is 10.3 Å². The Morgan fingerprint density at radius 1 is 1.17 bits per heavy atom. The minimum atomic E-state index is -1.01. The molecule has 3 aromatic rings. The van der Waals surface area contributed by atoms with E-state index in [1.807, 2.05) is 36.6 Å². The van der Waals surface area contributed by atoms with Crippen LogP contribution in [0, 0.1) is 6.92 Å². The van der Waals surface area contributed by atoms with Crippen LogP contribution in [0.3, 0.4) is 0 Å². The molecule has 0 saturated carbocycles. The van der Waals surface area contributed by atoms with Crippen LogP contribution in [0.2, 0.25) is 0 Å². The first-order valence-electron chi connectivity index (χ1n) is 8.79. The number of benzene rings is 2. The first-order valence-corrected chi connectivity index (χ1v) is 11.4. The average molecular weight is 429 g/mol. The SMILES string of the molecule is Cc1ccc(-c2csc(NC(=O)COC(=O)c3cccc(CS(C)=O)c3)n2)cc1. The van der Waals surface area contributed by atoms with E-state index in [1.165, 1.54) is 11.3 Å². The number of aryl methyl sites for hydroxylation is 1. The molecule has 29 heavy (non-hydrogen) atoms. The molecule has 1 atom stereocenters. The molecule has 150 valence electrons. The highest BCUT2D eigenvalue weighted by Gasteiger charge is 2.13. The number of carbonyl (C=O) groups is 2. The van der Waals surface area contributed by atoms with Crippen LogP contribution >= 0.6 is 11.3 Å². The predicted molar refractivity (Wildman–Crippen MR) is 115 cm³/mol. The number of aromatic nitrogens is 1. The molecule has 0 fully saturated rings. The third kappa shape index (κ3) is 6.07. The summed E-state index contributed by atoms with van der Waals surface area (Å²) >= 11 is 1.30. The molecule has 0 bridgehead atoms. The Bertz CT molecular complexity index is 1040. The number of esters is 1. The van der Waals surface area contributed by atoms with E-state index in [0.717, 1.165) is 22.4 Å². The number of nitrogens with zero attached hydrogens (tertiary/aromatic N) is 1. The standard InChI is InChI=1S/C21H20N2O4S2/c1-14-6-8-16(9-7-14)18-12-28-21(22-18)23-19(24)11-27-20(25)17-5-3-4-15(10-17)13-29(2)26/h3-10,12H,11,13H2,1-2H3,(H,22,23,24). The molecule has 1 N–H and O–H groups in total. The van der Waals surface area contributed by atoms with Crippen molar-refractivity contribution >= 4 is 39.1 Å². The molecule has 0 spiro atoms. The highest BCUT2D eigenvalue weighted by Crippen LogP contribution is 2.25. The van der Waals surface area contributed by atoms with Crippen molar-refractivity contribution in [2.24, 2.45) is 0 Å². The minimum absolute atomic E-state index is 0.316. The zero-order valence-corrected chi connectivity index (χ0v) is 17.6. The summed E-state index contributed by atoms with van der Waals surface area (Å²) < 4.78 is 16.4. The van der Waals surface area contributed by atoms with E-state index in [4.69, 9.17) is 4.74 Å². The van der Waals surface area contributed by atoms with E-state index in [-0.39, 0.29) is 0 Å². The first kappa shape index (κ1) is 20.9. The second-order valence-electron chi connectivity index (χ2n) is 6.45. The number of rotatable bonds is 7. The van der Waals surface area contributed by atoms with Crippen molar-refractivity contribution < 1.29 is 18.5 Å². The van der Waals surface area contributed by atoms with Crippen molar-refractivity contribution in [1.82, 2.24) is 4.98 Å². The molecule has 0 radical (unpaired) electrons. The second kappa shape index (κ2) is 9.58. The van der Waals surface area contributed by atoms with Gasteiger partial charge in [0.1, 0.15) is 0 Å². The summed E-state index contributed by atoms with van der Waals surface area (Å²) in [6.07, 6.45) is 1.60. The Morgan fingerprint density at radius 2 is 1.93 bits per heavy atom. The van der Waals surface area contributed by atoms with E-state index >= 15 is 0 Å². The average Bonchev–Trinajstić information content (AvgIpc) is 3.14. The Balaban J connectivity index is 1.54. The normalized spacial score (nSPS) is 11.7. The van der Waals surface area contributed by atoms with E-state index in [9.17, 15) is 13.8 Å². The number of amides is 1. The predicted octanol–water partition coefficient (Wildman–Crippen LogP) is 3.79. The molecular weight excluding hydrogens is 408 g/mol. The number of nitrogens with one attached hydrogen (secondary N) is 1. The van der Waals surface area contributed by atoms with Crippen molar-refractivity contribution in [3.8, 4) is 11.3 Å². The van der Waals surface area contributed by atoms with Gasteiger partial charge in [-0.05, 0) is 24.6 Å². The summed E-state index contributed by atoms with van der Waals surface area (Å²) in [4.78, 5) is 28.6. The number of anilines is 1. The van der Waals surface area contributed by atoms with Gasteiger partial charge in [0, 0.05) is 33.8 Å². The van der Waals surface area contributed by atoms with Gasteiger partial charge < -0.3 is 4.74 Å². The molecule has 2 aromatic carbocycles. The van der Waals surface area contributed by atoms with Crippen molar-refractivity contribution in [2.45, 2.75) is 12.7 Å². The lowest BCUT2D eigenvalue weighted by molar-refractivity contribution is -0.119. The quantitative estimate of drug-likeness (QED) is 0.579. The zero-order chi connectivity index (χ0) is 20.8. The van der Waals surface area contributed by atoms with Gasteiger partial charge in [0.15, 0.2) is 11.7 Å². The van der Waals surface area contributed by atoms with Crippen molar-refractivity contribution in [3.05, 3.63) is 70.6 Å². The molecule has 3 rings (SSSR count). The van der Waals surface area contributed by atoms with Crippen LogP contribution in [0.15, 0.2) is 53.9 Å². The van der Waals surface area contributed by atoms with Crippen molar-refractivity contribution in [3.63, 3.8) is 0 Å². The van der Waals surface area contributed by atoms with Crippen LogP contribution in [-0.4, -0.2) is 33.9 Å². The van der Waals surface area contributed by atoms with E-state index < -0.39 is 29.3 Å². The van der Waals surface area contributed by atoms with Gasteiger partial charge in [0.05, 0.1) is 11.3 Å². The molecule has 1 unspecified atom stereocenters. The molecule has 0 aliphatic heterocycles. The Morgan fingerprint density at radius 3 is 2.66 bits per heavy atom. The summed E-state index contributed by atoms with van der Waals surface area (Å²) in [5, 5.41) is 4.93. The van der Waals surface area contributed by atoms with Crippen molar-refractivity contribution in [2.75, 3.05) is 18.2 Å². The first-order chi connectivity index (χ1) is 13.9. The molecule has 1 heterocycles. The molecular formula is C21H20N2O4S2. The second-order valence-corrected chi connectivity index (χ2v) is 8.74. The molecule has 6 nitrogen and oxygen atoms in total. The van der Waals surface area contributed by atoms with Gasteiger partial charge in [-0.2, -0.15) is 0 Å². The van der Waals surface area contributed by atoms with Crippen LogP contribution in [-0.2, 0) is 26.1 Å². The lowest BCUT2D eigenvalue weighted by Crippen LogP contribution is -2.20. The van der Waals surface area contributed by atoms with Crippen LogP contribution in [0.4, 0.5) is 5.13 Å². The fourth-order valence-electron chi connectivity index (χ4n) is 2.58. The van der Waals surface area contributed by atoms with Gasteiger partial charge in [-0.15, -0.1) is 11.3 Å². The minimum Gasteiger partial charge on any atom is -0.452 e. The summed E-state index contributed by atoms with van der Waals surface area (Å²) in [5.74, 6) is -0.716. The molecule has 8 heteroatoms. The van der Waals surface area contributed by atoms with Gasteiger partial charge >= 0.3 is 5.97 Å². The van der Waals surface area contributed by atoms with Crippen LogP contribution in [0.5, 0.6) is 0 Å². The van der Waals surface area contributed by atoms with Gasteiger partial charge in [-0.1, -0.05) is 42.0 Å². The van der Waals surface area contributed by atoms with Gasteiger partial charge in [0.25, 0.3) is 5.91 Å². The molecule has 0 aliphatic carbocycles. The van der Waals surface area contributed by atoms with Crippen LogP contribution in [0.25, 0.3) is 11.3 Å². The Labute approximate surface area is 175 Å². The largest absolute Gasteiger partial charge is 0.452 e. The third-order valence-electron chi connectivity index (χ3n) is 3.96. The van der Waals surface area contributed by atoms with Crippen LogP contribution < -0.4 is 5.32 Å². The van der Waals surface area contributed by atoms with E-state index in [1.54, 1.807) is 30.5 Å². The fourth-order valence-corrected chi connectivity index (χ4v) is 3.97. The Kier molecular flexibility index (Phi) is 6.90. The Hall–Kier alpha value is -2.84. The molecule has 0 saturated heterocycles. The highest BCUT2D eigenvalue weighted by molar-refractivity contribution is 7.83. The topological polar surface area (TPSA) is 85.4 Å². The maximum absolute atomic E-state index is 12.2. The monoisotopic (exact) mass is 428 g/mol. The lowest BCUT2D eigenvalue weighted by atomic mass is 10.1. The lowest BCUT2D eigenvalue weighted by Gasteiger charge is -2.06. The smallest absolute Gasteiger partial charge is 0.338 e. The summed E-state index contributed by atoms with van der Waals surface area (Å²) in [7, 11) is -1.01. The fraction of sp³-hybridized carbons (Fsp3) is 0.190. The molecule has 1 aromatic heterocycles. The number of ether oxygens (including phenoxy) is 1. The van der Waals surface area contributed by atoms with Gasteiger partial charge in [-0.25, -0.2) is 9.78 Å². The van der Waals surface area contributed by atoms with Gasteiger partial charge in [-0.3, -0.25) is 14.3 Å². The maximum Gasteiger partial charge on any atom is 0.338 e. The summed E-state index contributed by atoms with van der Waals surface area (Å²) in [5.41, 5.74) is 3.99. The van der Waals surface area contributed by atoms with Crippen molar-refractivity contribution in [1.29, 1.82) is 0 Å². The third-order valence-corrected chi connectivity index (χ3v) is 5.46. The maximum atomic E-state index is 12.2. The highest BCUT2D eigenvalue weighted by atomic mass is 32.2. The number of carbonyl (C=O) groups excluding carboxylic acids is 2. The molecule has 1 amide bonds. The van der Waals surface area contributed by atoms with Crippen LogP contribution in [0.1, 0.15) is 21.5 Å². The summed E-state index contributed by atoms with van der Waals surface area (Å²) in [6, 6.07) is 14.6. The molecule has 0 aliphatic rings. The summed E-state index contributed by atoms with van der Waals surface area (Å²) in [6.45, 7) is 1.60. The van der Waals surface area contributed by atoms with E-state index in [0.29, 0.717) is 16.4 Å². The number of hydrogen-bond donors (Lipinski definition) is 1. The number of thiazole rings is 1. The number of hydrogen-bond acceptors (Lipinski definition) is 6.